The summed E-state index contributed by atoms with van der Waals surface area (Å²) in [5.41, 5.74) is 1.86. The van der Waals surface area contributed by atoms with Crippen LogP contribution in [0.3, 0.4) is 0 Å². The summed E-state index contributed by atoms with van der Waals surface area (Å²) in [5.74, 6) is -0.00743. The highest BCUT2D eigenvalue weighted by Crippen LogP contribution is 2.05. The fourth-order valence-corrected chi connectivity index (χ4v) is 2.29. The Kier molecular flexibility index (Phi) is 5.44. The van der Waals surface area contributed by atoms with Crippen molar-refractivity contribution in [1.82, 2.24) is 4.90 Å². The molecule has 1 amide bonds. The first kappa shape index (κ1) is 14.9. The summed E-state index contributed by atoms with van der Waals surface area (Å²) in [4.78, 5) is 14.5. The predicted molar refractivity (Wildman–Crippen MR) is 79.6 cm³/mol. The van der Waals surface area contributed by atoms with Gasteiger partial charge in [0.2, 0.25) is 0 Å². The number of aryl methyl sites for hydroxylation is 1. The summed E-state index contributed by atoms with van der Waals surface area (Å²) < 4.78 is 6.87. The van der Waals surface area contributed by atoms with Crippen molar-refractivity contribution in [2.45, 2.75) is 13.3 Å². The summed E-state index contributed by atoms with van der Waals surface area (Å²) in [6.07, 6.45) is 0.946. The maximum absolute atomic E-state index is 12.2. The second-order valence-corrected chi connectivity index (χ2v) is 5.24. The zero-order chi connectivity index (χ0) is 14.4. The van der Waals surface area contributed by atoms with Gasteiger partial charge in [-0.3, -0.25) is 4.90 Å². The minimum absolute atomic E-state index is 0.00743. The number of rotatable bonds is 5. The Bertz CT molecular complexity index is 462. The van der Waals surface area contributed by atoms with Crippen molar-refractivity contribution in [2.24, 2.45) is 0 Å². The number of benzene rings is 1. The van der Waals surface area contributed by atoms with E-state index in [-0.39, 0.29) is 5.91 Å². The SMILES string of the molecule is C=[N+](CCCN1CCOCC1)C(=O)c1ccc(C)cc1. The third kappa shape index (κ3) is 4.25. The van der Waals surface area contributed by atoms with Crippen LogP contribution in [0, 0.1) is 6.92 Å². The smallest absolute Gasteiger partial charge is 0.379 e. The lowest BCUT2D eigenvalue weighted by Gasteiger charge is -2.25. The Hall–Kier alpha value is -1.52. The van der Waals surface area contributed by atoms with E-state index in [2.05, 4.69) is 11.6 Å². The van der Waals surface area contributed by atoms with E-state index < -0.39 is 0 Å². The Balaban J connectivity index is 1.76. The van der Waals surface area contributed by atoms with Crippen LogP contribution in [0.5, 0.6) is 0 Å². The average Bonchev–Trinajstić information content (AvgIpc) is 2.48. The third-order valence-corrected chi connectivity index (χ3v) is 3.59. The van der Waals surface area contributed by atoms with E-state index in [1.54, 1.807) is 4.58 Å². The van der Waals surface area contributed by atoms with Gasteiger partial charge in [-0.2, -0.15) is 4.58 Å². The van der Waals surface area contributed by atoms with Gasteiger partial charge in [-0.25, -0.2) is 4.79 Å². The molecule has 2 rings (SSSR count). The van der Waals surface area contributed by atoms with Gasteiger partial charge in [0, 0.05) is 26.1 Å². The van der Waals surface area contributed by atoms with E-state index in [9.17, 15) is 4.79 Å². The van der Waals surface area contributed by atoms with Crippen LogP contribution in [-0.4, -0.2) is 61.5 Å². The number of morpholine rings is 1. The fraction of sp³-hybridized carbons (Fsp3) is 0.500. The first-order valence-corrected chi connectivity index (χ1v) is 7.16. The number of hydrogen-bond donors (Lipinski definition) is 0. The number of carbonyl (C=O) groups is 1. The van der Waals surface area contributed by atoms with Crippen LogP contribution >= 0.6 is 0 Å². The molecule has 0 aromatic heterocycles. The highest BCUT2D eigenvalue weighted by Gasteiger charge is 2.18. The minimum atomic E-state index is -0.00743. The lowest BCUT2D eigenvalue weighted by molar-refractivity contribution is -0.420. The molecule has 1 heterocycles. The lowest BCUT2D eigenvalue weighted by Crippen LogP contribution is -2.37. The Morgan fingerprint density at radius 3 is 2.60 bits per heavy atom. The van der Waals surface area contributed by atoms with Crippen LogP contribution in [0.25, 0.3) is 0 Å². The Labute approximate surface area is 120 Å². The van der Waals surface area contributed by atoms with Crippen molar-refractivity contribution >= 4 is 12.6 Å². The molecule has 1 aromatic rings. The van der Waals surface area contributed by atoms with E-state index in [4.69, 9.17) is 4.74 Å². The number of hydrogen-bond acceptors (Lipinski definition) is 3. The molecule has 1 aliphatic rings. The van der Waals surface area contributed by atoms with Crippen LogP contribution in [0.15, 0.2) is 24.3 Å². The summed E-state index contributed by atoms with van der Waals surface area (Å²) in [5, 5.41) is 0. The molecule has 1 aliphatic heterocycles. The normalized spacial score (nSPS) is 16.1. The van der Waals surface area contributed by atoms with Crippen LogP contribution in [0.4, 0.5) is 0 Å². The van der Waals surface area contributed by atoms with Crippen molar-refractivity contribution < 1.29 is 14.1 Å². The molecule has 108 valence electrons. The van der Waals surface area contributed by atoms with Gasteiger partial charge in [0.1, 0.15) is 6.72 Å². The van der Waals surface area contributed by atoms with Gasteiger partial charge in [-0.05, 0) is 19.1 Å². The van der Waals surface area contributed by atoms with Gasteiger partial charge in [0.05, 0.1) is 18.8 Å². The molecule has 4 nitrogen and oxygen atoms in total. The van der Waals surface area contributed by atoms with Crippen LogP contribution in [0.1, 0.15) is 22.3 Å². The maximum atomic E-state index is 12.2. The minimum Gasteiger partial charge on any atom is -0.379 e. The second kappa shape index (κ2) is 7.31. The zero-order valence-electron chi connectivity index (χ0n) is 12.2. The topological polar surface area (TPSA) is 32.5 Å². The van der Waals surface area contributed by atoms with Crippen molar-refractivity contribution in [3.63, 3.8) is 0 Å². The van der Waals surface area contributed by atoms with Crippen LogP contribution in [0.2, 0.25) is 0 Å². The first-order valence-electron chi connectivity index (χ1n) is 7.16. The van der Waals surface area contributed by atoms with Crippen molar-refractivity contribution in [2.75, 3.05) is 39.4 Å². The van der Waals surface area contributed by atoms with Gasteiger partial charge in [0.25, 0.3) is 0 Å². The molecule has 20 heavy (non-hydrogen) atoms. The molecule has 0 N–H and O–H groups in total. The number of ether oxygens (including phenoxy) is 1. The van der Waals surface area contributed by atoms with E-state index in [0.29, 0.717) is 12.1 Å². The van der Waals surface area contributed by atoms with Crippen LogP contribution < -0.4 is 0 Å². The number of nitrogens with zero attached hydrogens (tertiary/aromatic N) is 2. The molecule has 0 radical (unpaired) electrons. The Morgan fingerprint density at radius 1 is 1.30 bits per heavy atom. The van der Waals surface area contributed by atoms with Crippen LogP contribution in [-0.2, 0) is 4.74 Å². The van der Waals surface area contributed by atoms with Gasteiger partial charge in [-0.15, -0.1) is 0 Å². The molecule has 1 fully saturated rings. The molecule has 1 aromatic carbocycles. The monoisotopic (exact) mass is 275 g/mol. The van der Waals surface area contributed by atoms with E-state index in [1.807, 2.05) is 31.2 Å². The van der Waals surface area contributed by atoms with Gasteiger partial charge >= 0.3 is 5.91 Å². The van der Waals surface area contributed by atoms with E-state index in [0.717, 1.165) is 44.8 Å². The highest BCUT2D eigenvalue weighted by molar-refractivity contribution is 5.88. The highest BCUT2D eigenvalue weighted by atomic mass is 16.5. The van der Waals surface area contributed by atoms with Crippen molar-refractivity contribution in [3.8, 4) is 0 Å². The second-order valence-electron chi connectivity index (χ2n) is 5.24. The quantitative estimate of drug-likeness (QED) is 0.604. The molecule has 0 saturated carbocycles. The summed E-state index contributed by atoms with van der Waals surface area (Å²) >= 11 is 0. The summed E-state index contributed by atoms with van der Waals surface area (Å²) in [6.45, 7) is 11.2. The first-order chi connectivity index (χ1) is 9.66. The zero-order valence-corrected chi connectivity index (χ0v) is 12.2. The summed E-state index contributed by atoms with van der Waals surface area (Å²) in [7, 11) is 0. The standard InChI is InChI=1S/C16H23N2O2/c1-14-4-6-15(7-5-14)16(19)17(2)8-3-9-18-10-12-20-13-11-18/h4-7H,2-3,8-13H2,1H3/q+1. The molecule has 0 atom stereocenters. The number of amides is 1. The van der Waals surface area contributed by atoms with Crippen molar-refractivity contribution in [3.05, 3.63) is 35.4 Å². The molecule has 0 unspecified atom stereocenters. The van der Waals surface area contributed by atoms with Gasteiger partial charge in [0.15, 0.2) is 6.54 Å². The Morgan fingerprint density at radius 2 is 1.95 bits per heavy atom. The molecular formula is C16H23N2O2+. The molecular weight excluding hydrogens is 252 g/mol. The lowest BCUT2D eigenvalue weighted by atomic mass is 10.1. The van der Waals surface area contributed by atoms with Gasteiger partial charge < -0.3 is 4.74 Å². The molecule has 0 bridgehead atoms. The maximum Gasteiger partial charge on any atom is 0.418 e. The van der Waals surface area contributed by atoms with E-state index in [1.165, 1.54) is 0 Å². The van der Waals surface area contributed by atoms with E-state index >= 15 is 0 Å². The molecule has 0 aliphatic carbocycles. The average molecular weight is 275 g/mol. The summed E-state index contributed by atoms with van der Waals surface area (Å²) in [6, 6.07) is 7.62. The number of carbonyl (C=O) groups excluding carboxylic acids is 1. The fourth-order valence-electron chi connectivity index (χ4n) is 2.29. The predicted octanol–water partition coefficient (Wildman–Crippen LogP) is 1.57. The molecule has 0 spiro atoms. The third-order valence-electron chi connectivity index (χ3n) is 3.59. The van der Waals surface area contributed by atoms with Crippen molar-refractivity contribution in [1.29, 1.82) is 0 Å². The largest absolute Gasteiger partial charge is 0.418 e. The molecule has 1 saturated heterocycles. The van der Waals surface area contributed by atoms with Gasteiger partial charge in [-0.1, -0.05) is 17.7 Å². The molecule has 4 heteroatoms.